The van der Waals surface area contributed by atoms with Crippen LogP contribution in [-0.2, 0) is 0 Å². The summed E-state index contributed by atoms with van der Waals surface area (Å²) < 4.78 is 0.824. The third-order valence-electron chi connectivity index (χ3n) is 4.47. The number of benzene rings is 2. The second kappa shape index (κ2) is 8.96. The van der Waals surface area contributed by atoms with Crippen molar-refractivity contribution in [2.45, 2.75) is 0 Å². The molecule has 3 N–H and O–H groups in total. The van der Waals surface area contributed by atoms with Gasteiger partial charge in [-0.25, -0.2) is 9.78 Å². The van der Waals surface area contributed by atoms with Crippen LogP contribution in [0.15, 0.2) is 60.8 Å². The maximum atomic E-state index is 12.9. The van der Waals surface area contributed by atoms with Gasteiger partial charge in [-0.2, -0.15) is 0 Å². The lowest BCUT2D eigenvalue weighted by Crippen LogP contribution is -2.17. The first-order valence-corrected chi connectivity index (χ1v) is 10.7. The monoisotopic (exact) mass is 485 g/mol. The lowest BCUT2D eigenvalue weighted by molar-refractivity contribution is 0.0697. The van der Waals surface area contributed by atoms with Gasteiger partial charge in [0.1, 0.15) is 10.7 Å². The summed E-state index contributed by atoms with van der Waals surface area (Å²) in [5.74, 6) is -2.10. The Hall–Kier alpha value is -3.46. The Morgan fingerprint density at radius 2 is 1.72 bits per heavy atom. The molecule has 2 heterocycles. The van der Waals surface area contributed by atoms with Crippen molar-refractivity contribution < 1.29 is 19.5 Å². The molecule has 2 aromatic carbocycles. The minimum Gasteiger partial charge on any atom is -0.478 e. The number of pyridine rings is 1. The number of nitrogens with zero attached hydrogens (tertiary/aromatic N) is 1. The van der Waals surface area contributed by atoms with E-state index in [0.29, 0.717) is 5.02 Å². The molecule has 2 aromatic heterocycles. The Kier molecular flexibility index (Phi) is 6.09. The summed E-state index contributed by atoms with van der Waals surface area (Å²) in [5.41, 5.74) is -0.0750. The number of carbonyl (C=O) groups is 3. The molecule has 32 heavy (non-hydrogen) atoms. The minimum atomic E-state index is -1.26. The van der Waals surface area contributed by atoms with Gasteiger partial charge in [-0.1, -0.05) is 41.4 Å². The van der Waals surface area contributed by atoms with E-state index in [2.05, 4.69) is 15.6 Å². The molecule has 0 radical (unpaired) electrons. The molecule has 0 aliphatic heterocycles. The van der Waals surface area contributed by atoms with E-state index in [0.717, 1.165) is 10.1 Å². The van der Waals surface area contributed by atoms with Crippen molar-refractivity contribution in [2.24, 2.45) is 0 Å². The highest BCUT2D eigenvalue weighted by Gasteiger charge is 2.21. The summed E-state index contributed by atoms with van der Waals surface area (Å²) in [5, 5.41) is 16.1. The van der Waals surface area contributed by atoms with Crippen LogP contribution < -0.4 is 10.6 Å². The molecule has 0 fully saturated rings. The number of fused-ring (bicyclic) bond motifs is 1. The smallest absolute Gasteiger partial charge is 0.337 e. The number of rotatable bonds is 5. The van der Waals surface area contributed by atoms with Gasteiger partial charge in [0.05, 0.1) is 21.3 Å². The summed E-state index contributed by atoms with van der Waals surface area (Å²) in [6.07, 6.45) is 1.38. The first-order chi connectivity index (χ1) is 15.3. The van der Waals surface area contributed by atoms with Crippen LogP contribution >= 0.6 is 34.5 Å². The average Bonchev–Trinajstić information content (AvgIpc) is 3.12. The molecule has 0 spiro atoms. The van der Waals surface area contributed by atoms with E-state index < -0.39 is 17.8 Å². The number of aromatic nitrogens is 1. The molecular weight excluding hydrogens is 473 g/mol. The second-order valence-electron chi connectivity index (χ2n) is 6.58. The first-order valence-electron chi connectivity index (χ1n) is 9.12. The van der Waals surface area contributed by atoms with E-state index in [1.54, 1.807) is 12.1 Å². The van der Waals surface area contributed by atoms with Crippen LogP contribution in [0.5, 0.6) is 0 Å². The molecule has 2 amide bonds. The highest BCUT2D eigenvalue weighted by molar-refractivity contribution is 7.21. The zero-order valence-corrected chi connectivity index (χ0v) is 18.4. The van der Waals surface area contributed by atoms with Crippen molar-refractivity contribution in [3.05, 3.63) is 86.8 Å². The Balaban J connectivity index is 1.63. The van der Waals surface area contributed by atoms with Gasteiger partial charge in [0.15, 0.2) is 0 Å². The molecule has 0 bridgehead atoms. The van der Waals surface area contributed by atoms with E-state index in [-0.39, 0.29) is 32.5 Å². The van der Waals surface area contributed by atoms with Crippen molar-refractivity contribution in [2.75, 3.05) is 10.6 Å². The van der Waals surface area contributed by atoms with E-state index in [4.69, 9.17) is 23.2 Å². The largest absolute Gasteiger partial charge is 0.478 e. The standard InChI is InChI=1S/C22H13Cl2N3O4S/c23-12-6-8-17(25-10-12)27-20(28)11-5-7-13(22(30)31)15(9-11)26-21(29)19-18(24)14-3-1-2-4-16(14)32-19/h1-10H,(H,26,29)(H,30,31)(H,25,27,28). The van der Waals surface area contributed by atoms with E-state index in [1.165, 1.54) is 41.8 Å². The number of amides is 2. The number of anilines is 2. The minimum absolute atomic E-state index is 0.0345. The highest BCUT2D eigenvalue weighted by atomic mass is 35.5. The van der Waals surface area contributed by atoms with Crippen LogP contribution in [0.25, 0.3) is 10.1 Å². The average molecular weight is 486 g/mol. The summed E-state index contributed by atoms with van der Waals surface area (Å²) in [4.78, 5) is 41.4. The van der Waals surface area contributed by atoms with Crippen molar-refractivity contribution >= 4 is 73.9 Å². The van der Waals surface area contributed by atoms with Crippen molar-refractivity contribution in [1.82, 2.24) is 4.98 Å². The van der Waals surface area contributed by atoms with Crippen LogP contribution in [0.1, 0.15) is 30.4 Å². The molecule has 0 saturated carbocycles. The van der Waals surface area contributed by atoms with Gasteiger partial charge in [-0.15, -0.1) is 11.3 Å². The van der Waals surface area contributed by atoms with Crippen molar-refractivity contribution in [3.8, 4) is 0 Å². The SMILES string of the molecule is O=C(Nc1ccc(Cl)cn1)c1ccc(C(=O)O)c(NC(=O)c2sc3ccccc3c2Cl)c1. The zero-order chi connectivity index (χ0) is 22.8. The molecule has 4 aromatic rings. The molecule has 160 valence electrons. The zero-order valence-electron chi connectivity index (χ0n) is 16.1. The molecule has 0 aliphatic rings. The summed E-state index contributed by atoms with van der Waals surface area (Å²) >= 11 is 13.3. The van der Waals surface area contributed by atoms with E-state index >= 15 is 0 Å². The van der Waals surface area contributed by atoms with Crippen LogP contribution in [-0.4, -0.2) is 27.9 Å². The van der Waals surface area contributed by atoms with Gasteiger partial charge < -0.3 is 15.7 Å². The number of thiophene rings is 1. The Labute approximate surface area is 195 Å². The lowest BCUT2D eigenvalue weighted by atomic mass is 10.1. The number of hydrogen-bond acceptors (Lipinski definition) is 5. The Bertz CT molecular complexity index is 1370. The number of aromatic carboxylic acids is 1. The fourth-order valence-corrected chi connectivity index (χ4v) is 4.48. The van der Waals surface area contributed by atoms with Gasteiger partial charge in [0, 0.05) is 21.8 Å². The van der Waals surface area contributed by atoms with Gasteiger partial charge in [0.25, 0.3) is 11.8 Å². The van der Waals surface area contributed by atoms with Crippen molar-refractivity contribution in [1.29, 1.82) is 0 Å². The van der Waals surface area contributed by atoms with Crippen LogP contribution in [0.3, 0.4) is 0 Å². The molecule has 0 unspecified atom stereocenters. The predicted molar refractivity (Wildman–Crippen MR) is 125 cm³/mol. The van der Waals surface area contributed by atoms with Crippen LogP contribution in [0, 0.1) is 0 Å². The molecule has 0 saturated heterocycles. The van der Waals surface area contributed by atoms with Crippen LogP contribution in [0.4, 0.5) is 11.5 Å². The van der Waals surface area contributed by atoms with Gasteiger partial charge >= 0.3 is 5.97 Å². The molecular formula is C22H13Cl2N3O4S. The fourth-order valence-electron chi connectivity index (χ4n) is 2.95. The van der Waals surface area contributed by atoms with Crippen molar-refractivity contribution in [3.63, 3.8) is 0 Å². The normalized spacial score (nSPS) is 10.7. The number of halogens is 2. The van der Waals surface area contributed by atoms with Gasteiger partial charge in [-0.05, 0) is 36.4 Å². The maximum absolute atomic E-state index is 12.9. The molecule has 10 heteroatoms. The molecule has 7 nitrogen and oxygen atoms in total. The predicted octanol–water partition coefficient (Wildman–Crippen LogP) is 5.81. The summed E-state index contributed by atoms with van der Waals surface area (Å²) in [6.45, 7) is 0. The summed E-state index contributed by atoms with van der Waals surface area (Å²) in [7, 11) is 0. The molecule has 4 rings (SSSR count). The lowest BCUT2D eigenvalue weighted by Gasteiger charge is -2.11. The quantitative estimate of drug-likeness (QED) is 0.330. The molecule has 0 atom stereocenters. The number of carbonyl (C=O) groups excluding carboxylic acids is 2. The van der Waals surface area contributed by atoms with E-state index in [9.17, 15) is 19.5 Å². The third-order valence-corrected chi connectivity index (χ3v) is 6.37. The highest BCUT2D eigenvalue weighted by Crippen LogP contribution is 2.35. The topological polar surface area (TPSA) is 108 Å². The Morgan fingerprint density at radius 1 is 0.938 bits per heavy atom. The number of carboxylic acids is 1. The second-order valence-corrected chi connectivity index (χ2v) is 8.44. The maximum Gasteiger partial charge on any atom is 0.337 e. The van der Waals surface area contributed by atoms with Gasteiger partial charge in [0.2, 0.25) is 0 Å². The molecule has 0 aliphatic carbocycles. The first kappa shape index (κ1) is 21.8. The number of nitrogens with one attached hydrogen (secondary N) is 2. The number of hydrogen-bond donors (Lipinski definition) is 3. The van der Waals surface area contributed by atoms with E-state index in [1.807, 2.05) is 18.2 Å². The van der Waals surface area contributed by atoms with Crippen LogP contribution in [0.2, 0.25) is 10.0 Å². The Morgan fingerprint density at radius 3 is 2.41 bits per heavy atom. The number of carboxylic acid groups (broad SMARTS) is 1. The third kappa shape index (κ3) is 4.43. The summed E-state index contributed by atoms with van der Waals surface area (Å²) in [6, 6.07) is 14.2. The fraction of sp³-hybridized carbons (Fsp3) is 0. The van der Waals surface area contributed by atoms with Gasteiger partial charge in [-0.3, -0.25) is 9.59 Å².